The number of likely N-dealkylation sites (tertiary alicyclic amines) is 1. The molecule has 0 bridgehead atoms. The Balaban J connectivity index is 1.89. The van der Waals surface area contributed by atoms with Crippen LogP contribution in [0.4, 0.5) is 5.69 Å². The average molecular weight is 293 g/mol. The van der Waals surface area contributed by atoms with Crippen molar-refractivity contribution >= 4 is 11.6 Å². The first-order valence-corrected chi connectivity index (χ1v) is 7.60. The first-order chi connectivity index (χ1) is 9.88. The van der Waals surface area contributed by atoms with Crippen LogP contribution in [0.5, 0.6) is 0 Å². The fourth-order valence-corrected chi connectivity index (χ4v) is 2.85. The van der Waals surface area contributed by atoms with Crippen molar-refractivity contribution in [2.24, 2.45) is 5.92 Å². The molecule has 1 saturated heterocycles. The predicted octanol–water partition coefficient (Wildman–Crippen LogP) is 0.882. The molecule has 6 heteroatoms. The molecule has 0 unspecified atom stereocenters. The van der Waals surface area contributed by atoms with Crippen molar-refractivity contribution in [3.05, 3.63) is 11.4 Å². The van der Waals surface area contributed by atoms with Gasteiger partial charge in [-0.2, -0.15) is 5.10 Å². The van der Waals surface area contributed by atoms with E-state index in [1.165, 1.54) is 12.8 Å². The molecular weight excluding hydrogens is 266 g/mol. The summed E-state index contributed by atoms with van der Waals surface area (Å²) >= 11 is 0. The Kier molecular flexibility index (Phi) is 4.88. The summed E-state index contributed by atoms with van der Waals surface area (Å²) in [6, 6.07) is 0. The zero-order valence-corrected chi connectivity index (χ0v) is 13.6. The number of rotatable bonds is 4. The molecule has 2 N–H and O–H groups in total. The maximum Gasteiger partial charge on any atom is 0.244 e. The van der Waals surface area contributed by atoms with Gasteiger partial charge in [0.25, 0.3) is 0 Å². The van der Waals surface area contributed by atoms with Crippen LogP contribution in [0.1, 0.15) is 24.2 Å². The number of anilines is 1. The van der Waals surface area contributed by atoms with Crippen LogP contribution in [0.25, 0.3) is 0 Å². The molecule has 2 heterocycles. The molecule has 0 aromatic carbocycles. The SMILES string of the molecule is Cc1nn(CC(=O)N(C)CC2CCN(C)CC2)c(C)c1N. The molecule has 0 radical (unpaired) electrons. The van der Waals surface area contributed by atoms with E-state index in [9.17, 15) is 4.79 Å². The van der Waals surface area contributed by atoms with Gasteiger partial charge >= 0.3 is 0 Å². The topological polar surface area (TPSA) is 67.4 Å². The van der Waals surface area contributed by atoms with Crippen molar-refractivity contribution in [3.8, 4) is 0 Å². The molecule has 1 aliphatic heterocycles. The van der Waals surface area contributed by atoms with Crippen LogP contribution < -0.4 is 5.73 Å². The largest absolute Gasteiger partial charge is 0.396 e. The molecule has 1 aromatic heterocycles. The molecule has 1 aromatic rings. The van der Waals surface area contributed by atoms with E-state index in [0.717, 1.165) is 31.0 Å². The smallest absolute Gasteiger partial charge is 0.244 e. The summed E-state index contributed by atoms with van der Waals surface area (Å²) in [5, 5.41) is 4.33. The van der Waals surface area contributed by atoms with E-state index in [4.69, 9.17) is 5.73 Å². The van der Waals surface area contributed by atoms with Crippen LogP contribution >= 0.6 is 0 Å². The number of amides is 1. The minimum absolute atomic E-state index is 0.0968. The van der Waals surface area contributed by atoms with Crippen molar-refractivity contribution in [2.75, 3.05) is 39.5 Å². The number of aromatic nitrogens is 2. The Bertz CT molecular complexity index is 502. The summed E-state index contributed by atoms with van der Waals surface area (Å²) in [5.74, 6) is 0.709. The van der Waals surface area contributed by atoms with E-state index in [1.54, 1.807) is 4.68 Å². The highest BCUT2D eigenvalue weighted by molar-refractivity contribution is 5.76. The van der Waals surface area contributed by atoms with Crippen molar-refractivity contribution in [1.82, 2.24) is 19.6 Å². The van der Waals surface area contributed by atoms with Crippen molar-refractivity contribution in [1.29, 1.82) is 0 Å². The number of carbonyl (C=O) groups is 1. The number of hydrogen-bond donors (Lipinski definition) is 1. The Hall–Kier alpha value is -1.56. The van der Waals surface area contributed by atoms with E-state index >= 15 is 0 Å². The zero-order chi connectivity index (χ0) is 15.6. The third-order valence-corrected chi connectivity index (χ3v) is 4.52. The minimum Gasteiger partial charge on any atom is -0.396 e. The molecule has 118 valence electrons. The fraction of sp³-hybridized carbons (Fsp3) is 0.733. The summed E-state index contributed by atoms with van der Waals surface area (Å²) in [5.41, 5.74) is 8.24. The lowest BCUT2D eigenvalue weighted by Crippen LogP contribution is -2.39. The van der Waals surface area contributed by atoms with Gasteiger partial charge in [0, 0.05) is 13.6 Å². The fourth-order valence-electron chi connectivity index (χ4n) is 2.85. The average Bonchev–Trinajstić information content (AvgIpc) is 2.69. The van der Waals surface area contributed by atoms with Gasteiger partial charge < -0.3 is 15.5 Å². The molecule has 0 aliphatic carbocycles. The summed E-state index contributed by atoms with van der Waals surface area (Å²) < 4.78 is 1.71. The van der Waals surface area contributed by atoms with Gasteiger partial charge in [-0.3, -0.25) is 9.48 Å². The molecule has 21 heavy (non-hydrogen) atoms. The van der Waals surface area contributed by atoms with Gasteiger partial charge in [-0.1, -0.05) is 0 Å². The third kappa shape index (κ3) is 3.75. The second-order valence-corrected chi connectivity index (χ2v) is 6.26. The zero-order valence-electron chi connectivity index (χ0n) is 13.6. The molecular formula is C15H27N5O. The normalized spacial score (nSPS) is 17.1. The monoisotopic (exact) mass is 293 g/mol. The van der Waals surface area contributed by atoms with E-state index in [2.05, 4.69) is 17.0 Å². The second-order valence-electron chi connectivity index (χ2n) is 6.26. The Morgan fingerprint density at radius 2 is 2.00 bits per heavy atom. The maximum absolute atomic E-state index is 12.3. The Morgan fingerprint density at radius 1 is 1.38 bits per heavy atom. The van der Waals surface area contributed by atoms with Crippen LogP contribution in [-0.2, 0) is 11.3 Å². The number of piperidine rings is 1. The molecule has 1 fully saturated rings. The third-order valence-electron chi connectivity index (χ3n) is 4.52. The molecule has 0 saturated carbocycles. The summed E-state index contributed by atoms with van der Waals surface area (Å²) in [7, 11) is 4.04. The summed E-state index contributed by atoms with van der Waals surface area (Å²) in [6.07, 6.45) is 2.34. The number of aryl methyl sites for hydroxylation is 1. The molecule has 6 nitrogen and oxygen atoms in total. The quantitative estimate of drug-likeness (QED) is 0.895. The number of nitrogens with zero attached hydrogens (tertiary/aromatic N) is 4. The summed E-state index contributed by atoms with van der Waals surface area (Å²) in [4.78, 5) is 16.5. The van der Waals surface area contributed by atoms with Gasteiger partial charge in [0.05, 0.1) is 17.1 Å². The molecule has 0 spiro atoms. The minimum atomic E-state index is 0.0968. The van der Waals surface area contributed by atoms with Crippen LogP contribution in [-0.4, -0.2) is 59.2 Å². The van der Waals surface area contributed by atoms with Gasteiger partial charge in [-0.25, -0.2) is 0 Å². The number of carbonyl (C=O) groups excluding carboxylic acids is 1. The first kappa shape index (κ1) is 15.8. The first-order valence-electron chi connectivity index (χ1n) is 7.60. The summed E-state index contributed by atoms with van der Waals surface area (Å²) in [6.45, 7) is 7.13. The number of nitrogens with two attached hydrogens (primary N) is 1. The van der Waals surface area contributed by atoms with Crippen LogP contribution in [0.15, 0.2) is 0 Å². The van der Waals surface area contributed by atoms with Gasteiger partial charge in [-0.15, -0.1) is 0 Å². The highest BCUT2D eigenvalue weighted by Gasteiger charge is 2.21. The lowest BCUT2D eigenvalue weighted by atomic mass is 9.97. The number of likely N-dealkylation sites (N-methyl/N-ethyl adjacent to an activating group) is 1. The molecule has 2 rings (SSSR count). The highest BCUT2D eigenvalue weighted by Crippen LogP contribution is 2.18. The van der Waals surface area contributed by atoms with Gasteiger partial charge in [0.15, 0.2) is 0 Å². The second kappa shape index (κ2) is 6.47. The number of nitrogen functional groups attached to an aromatic ring is 1. The molecule has 1 amide bonds. The lowest BCUT2D eigenvalue weighted by molar-refractivity contribution is -0.131. The van der Waals surface area contributed by atoms with Crippen LogP contribution in [0, 0.1) is 19.8 Å². The van der Waals surface area contributed by atoms with E-state index in [-0.39, 0.29) is 12.5 Å². The van der Waals surface area contributed by atoms with E-state index in [0.29, 0.717) is 11.6 Å². The number of hydrogen-bond acceptors (Lipinski definition) is 4. The molecule has 1 aliphatic rings. The van der Waals surface area contributed by atoms with Gasteiger partial charge in [0.1, 0.15) is 6.54 Å². The standard InChI is InChI=1S/C15H27N5O/c1-11-15(16)12(2)20(17-11)10-14(21)19(4)9-13-5-7-18(3)8-6-13/h13H,5-10,16H2,1-4H3. The molecule has 0 atom stereocenters. The van der Waals surface area contributed by atoms with Crippen molar-refractivity contribution in [2.45, 2.75) is 33.2 Å². The van der Waals surface area contributed by atoms with E-state index in [1.807, 2.05) is 25.8 Å². The van der Waals surface area contributed by atoms with Crippen molar-refractivity contribution < 1.29 is 4.79 Å². The van der Waals surface area contributed by atoms with Gasteiger partial charge in [-0.05, 0) is 52.7 Å². The lowest BCUT2D eigenvalue weighted by Gasteiger charge is -2.31. The van der Waals surface area contributed by atoms with Gasteiger partial charge in [0.2, 0.25) is 5.91 Å². The maximum atomic E-state index is 12.3. The van der Waals surface area contributed by atoms with Crippen LogP contribution in [0.2, 0.25) is 0 Å². The van der Waals surface area contributed by atoms with E-state index < -0.39 is 0 Å². The predicted molar refractivity (Wildman–Crippen MR) is 84.0 cm³/mol. The Labute approximate surface area is 126 Å². The van der Waals surface area contributed by atoms with Crippen molar-refractivity contribution in [3.63, 3.8) is 0 Å². The van der Waals surface area contributed by atoms with Crippen LogP contribution in [0.3, 0.4) is 0 Å². The Morgan fingerprint density at radius 3 is 2.52 bits per heavy atom. The highest BCUT2D eigenvalue weighted by atomic mass is 16.2.